The first-order chi connectivity index (χ1) is 19.0. The van der Waals surface area contributed by atoms with Gasteiger partial charge < -0.3 is 4.74 Å². The molecule has 2 amide bonds. The highest BCUT2D eigenvalue weighted by Gasteiger charge is 2.69. The number of fused-ring (bicyclic) bond motifs is 3. The van der Waals surface area contributed by atoms with Crippen LogP contribution in [0.1, 0.15) is 36.5 Å². The highest BCUT2D eigenvalue weighted by atomic mass is 32.2. The van der Waals surface area contributed by atoms with Crippen molar-refractivity contribution in [2.24, 2.45) is 0 Å². The van der Waals surface area contributed by atoms with E-state index in [2.05, 4.69) is 6.58 Å². The van der Waals surface area contributed by atoms with Gasteiger partial charge in [-0.15, -0.1) is 6.58 Å². The summed E-state index contributed by atoms with van der Waals surface area (Å²) in [6, 6.07) is 14.3. The zero-order valence-corrected chi connectivity index (χ0v) is 22.9. The number of hydrogen-bond donors (Lipinski definition) is 0. The lowest BCUT2D eigenvalue weighted by molar-refractivity contribution is -0.149. The van der Waals surface area contributed by atoms with Crippen LogP contribution in [-0.4, -0.2) is 38.9 Å². The molecule has 0 saturated carbocycles. The van der Waals surface area contributed by atoms with E-state index in [9.17, 15) is 22.8 Å². The van der Waals surface area contributed by atoms with Crippen molar-refractivity contribution in [3.8, 4) is 0 Å². The summed E-state index contributed by atoms with van der Waals surface area (Å²) in [5, 5.41) is 0. The lowest BCUT2D eigenvalue weighted by Gasteiger charge is -2.49. The molecule has 0 aromatic heterocycles. The van der Waals surface area contributed by atoms with Crippen molar-refractivity contribution in [1.82, 2.24) is 0 Å². The van der Waals surface area contributed by atoms with Gasteiger partial charge in [0.2, 0.25) is 11.8 Å². The molecule has 5 rings (SSSR count). The average molecular weight is 563 g/mol. The Labute approximate surface area is 231 Å². The van der Waals surface area contributed by atoms with Gasteiger partial charge in [-0.1, -0.05) is 48.0 Å². The van der Waals surface area contributed by atoms with Crippen LogP contribution in [0.3, 0.4) is 0 Å². The lowest BCUT2D eigenvalue weighted by Crippen LogP contribution is -2.66. The maximum Gasteiger partial charge on any atom is 0.331 e. The number of esters is 1. The van der Waals surface area contributed by atoms with E-state index in [1.165, 1.54) is 43.3 Å². The molecule has 40 heavy (non-hydrogen) atoms. The third kappa shape index (κ3) is 3.62. The van der Waals surface area contributed by atoms with Crippen LogP contribution < -0.4 is 9.21 Å². The largest absolute Gasteiger partial charge is 0.464 e. The molecule has 0 aliphatic carbocycles. The van der Waals surface area contributed by atoms with Gasteiger partial charge in [-0.25, -0.2) is 22.5 Å². The summed E-state index contributed by atoms with van der Waals surface area (Å²) in [7, 11) is -4.60. The van der Waals surface area contributed by atoms with Crippen LogP contribution in [0.5, 0.6) is 0 Å². The van der Waals surface area contributed by atoms with Crippen LogP contribution in [0.4, 0.5) is 15.8 Å². The second-order valence-corrected chi connectivity index (χ2v) is 11.5. The number of aryl methyl sites for hydroxylation is 1. The molecular weight excluding hydrogens is 535 g/mol. The molecule has 8 nitrogen and oxygen atoms in total. The summed E-state index contributed by atoms with van der Waals surface area (Å²) in [5.41, 5.74) is -1.21. The summed E-state index contributed by atoms with van der Waals surface area (Å²) < 4.78 is 50.9. The first-order valence-electron chi connectivity index (χ1n) is 12.7. The number of anilines is 2. The minimum Gasteiger partial charge on any atom is -0.464 e. The van der Waals surface area contributed by atoms with E-state index in [0.717, 1.165) is 20.8 Å². The second-order valence-electron chi connectivity index (χ2n) is 9.70. The normalized spacial score (nSPS) is 21.6. The van der Waals surface area contributed by atoms with Crippen molar-refractivity contribution in [2.75, 3.05) is 15.8 Å². The number of imide groups is 1. The number of sulfonamides is 1. The van der Waals surface area contributed by atoms with Crippen LogP contribution in [0.15, 0.2) is 84.3 Å². The molecule has 0 saturated heterocycles. The number of para-hydroxylation sites is 1. The van der Waals surface area contributed by atoms with E-state index in [1.54, 1.807) is 44.2 Å². The number of hydrogen-bond acceptors (Lipinski definition) is 6. The van der Waals surface area contributed by atoms with Crippen molar-refractivity contribution >= 4 is 39.2 Å². The van der Waals surface area contributed by atoms with Crippen molar-refractivity contribution in [3.05, 3.63) is 102 Å². The van der Waals surface area contributed by atoms with Gasteiger partial charge >= 0.3 is 5.97 Å². The lowest BCUT2D eigenvalue weighted by atomic mass is 9.61. The van der Waals surface area contributed by atoms with Gasteiger partial charge in [0.05, 0.1) is 22.9 Å². The number of halogens is 1. The van der Waals surface area contributed by atoms with Crippen molar-refractivity contribution in [3.63, 3.8) is 0 Å². The Morgan fingerprint density at radius 1 is 1.05 bits per heavy atom. The SMILES string of the molecule is C=C[C@H]1c2c(F)cccc2N(S(=O)(=O)c2ccc(C)cc2)[C@@H](C(=O)OCC)[C@]12C(=O)N(C(C)=O)c1ccccc12. The third-order valence-corrected chi connectivity index (χ3v) is 9.31. The standard InChI is InChI=1S/C30H27FN2O6S/c1-5-21-26-23(31)11-9-13-25(26)33(40(37,38)20-16-14-18(3)15-17-20)27(28(35)39-6-2)30(21)22-10-7-8-12-24(22)32(19(4)34)29(30)36/h5,7-17,21,27H,1,6H2,2-4H3/t21-,27-,30-/m0/s1. The maximum atomic E-state index is 15.8. The number of rotatable bonds is 5. The Balaban J connectivity index is 1.96. The minimum atomic E-state index is -4.60. The molecule has 0 unspecified atom stereocenters. The summed E-state index contributed by atoms with van der Waals surface area (Å²) >= 11 is 0. The quantitative estimate of drug-likeness (QED) is 0.338. The van der Waals surface area contributed by atoms with Crippen molar-refractivity contribution in [2.45, 2.75) is 43.0 Å². The molecule has 0 radical (unpaired) electrons. The molecule has 0 bridgehead atoms. The summed E-state index contributed by atoms with van der Waals surface area (Å²) in [5.74, 6) is -4.57. The van der Waals surface area contributed by atoms with Crippen LogP contribution in [0.2, 0.25) is 0 Å². The molecule has 10 heteroatoms. The average Bonchev–Trinajstić information content (AvgIpc) is 3.17. The van der Waals surface area contributed by atoms with Crippen molar-refractivity contribution in [1.29, 1.82) is 0 Å². The predicted molar refractivity (Wildman–Crippen MR) is 147 cm³/mol. The Kier molecular flexibility index (Phi) is 6.62. The first kappa shape index (κ1) is 27.3. The number of benzene rings is 3. The van der Waals surface area contributed by atoms with Gasteiger partial charge in [0.25, 0.3) is 10.0 Å². The molecule has 1 spiro atoms. The summed E-state index contributed by atoms with van der Waals surface area (Å²) in [4.78, 5) is 42.1. The topological polar surface area (TPSA) is 101 Å². The molecule has 0 N–H and O–H groups in total. The van der Waals surface area contributed by atoms with Crippen LogP contribution in [0, 0.1) is 12.7 Å². The van der Waals surface area contributed by atoms with E-state index in [4.69, 9.17) is 4.74 Å². The fourth-order valence-corrected chi connectivity index (χ4v) is 7.61. The Hall–Kier alpha value is -4.31. The van der Waals surface area contributed by atoms with Crippen molar-refractivity contribution < 1.29 is 31.9 Å². The second kappa shape index (κ2) is 9.71. The fourth-order valence-electron chi connectivity index (χ4n) is 5.95. The molecular formula is C30H27FN2O6S. The van der Waals surface area contributed by atoms with E-state index in [-0.39, 0.29) is 34.0 Å². The van der Waals surface area contributed by atoms with Gasteiger partial charge in [-0.05, 0) is 49.7 Å². The number of carbonyl (C=O) groups excluding carboxylic acids is 3. The number of ether oxygens (including phenoxy) is 1. The van der Waals surface area contributed by atoms with Crippen LogP contribution >= 0.6 is 0 Å². The van der Waals surface area contributed by atoms with E-state index < -0.39 is 51.0 Å². The number of allylic oxidation sites excluding steroid dienone is 1. The number of nitrogens with zero attached hydrogens (tertiary/aromatic N) is 2. The first-order valence-corrected chi connectivity index (χ1v) is 14.1. The molecule has 3 atom stereocenters. The van der Waals surface area contributed by atoms with Gasteiger partial charge in [0.1, 0.15) is 11.2 Å². The Bertz CT molecular complexity index is 1670. The zero-order chi connectivity index (χ0) is 29.0. The van der Waals surface area contributed by atoms with Crippen LogP contribution in [-0.2, 0) is 34.6 Å². The highest BCUT2D eigenvalue weighted by Crippen LogP contribution is 2.59. The molecule has 206 valence electrons. The van der Waals surface area contributed by atoms with Gasteiger partial charge in [0.15, 0.2) is 6.04 Å². The monoisotopic (exact) mass is 562 g/mol. The maximum absolute atomic E-state index is 15.8. The summed E-state index contributed by atoms with van der Waals surface area (Å²) in [6.45, 7) is 8.28. The molecule has 3 aromatic rings. The highest BCUT2D eigenvalue weighted by molar-refractivity contribution is 7.93. The van der Waals surface area contributed by atoms with Gasteiger partial charge in [-0.2, -0.15) is 0 Å². The summed E-state index contributed by atoms with van der Waals surface area (Å²) in [6.07, 6.45) is 1.32. The van der Waals surface area contributed by atoms with E-state index >= 15 is 4.39 Å². The predicted octanol–water partition coefficient (Wildman–Crippen LogP) is 4.38. The van der Waals surface area contributed by atoms with Gasteiger partial charge in [0, 0.05) is 18.4 Å². The minimum absolute atomic E-state index is 0.120. The Morgan fingerprint density at radius 2 is 1.70 bits per heavy atom. The number of carbonyl (C=O) groups is 3. The Morgan fingerprint density at radius 3 is 2.33 bits per heavy atom. The molecule has 2 aliphatic heterocycles. The molecule has 3 aromatic carbocycles. The van der Waals surface area contributed by atoms with E-state index in [0.29, 0.717) is 0 Å². The number of amides is 2. The molecule has 2 aliphatic rings. The third-order valence-electron chi connectivity index (χ3n) is 7.52. The van der Waals surface area contributed by atoms with E-state index in [1.807, 2.05) is 0 Å². The fraction of sp³-hybridized carbons (Fsp3) is 0.233. The molecule has 0 fully saturated rings. The molecule has 2 heterocycles. The van der Waals surface area contributed by atoms with Crippen LogP contribution in [0.25, 0.3) is 0 Å². The van der Waals surface area contributed by atoms with Gasteiger partial charge in [-0.3, -0.25) is 13.9 Å². The smallest absolute Gasteiger partial charge is 0.331 e. The zero-order valence-electron chi connectivity index (χ0n) is 22.1.